The SMILES string of the molecule is C#CCNCc1nccn1C. The molecule has 1 heterocycles. The van der Waals surface area contributed by atoms with Crippen molar-refractivity contribution in [2.45, 2.75) is 6.54 Å². The van der Waals surface area contributed by atoms with Crippen LogP contribution in [-0.2, 0) is 13.6 Å². The van der Waals surface area contributed by atoms with Gasteiger partial charge in [-0.3, -0.25) is 5.32 Å². The Morgan fingerprint density at radius 2 is 2.64 bits per heavy atom. The molecule has 1 aromatic rings. The molecule has 0 saturated carbocycles. The lowest BCUT2D eigenvalue weighted by Crippen LogP contribution is -2.15. The highest BCUT2D eigenvalue weighted by molar-refractivity contribution is 4.92. The van der Waals surface area contributed by atoms with E-state index in [4.69, 9.17) is 6.42 Å². The number of nitrogens with zero attached hydrogens (tertiary/aromatic N) is 2. The minimum atomic E-state index is 0.590. The van der Waals surface area contributed by atoms with E-state index in [1.165, 1.54) is 0 Å². The zero-order chi connectivity index (χ0) is 8.10. The highest BCUT2D eigenvalue weighted by atomic mass is 15.1. The summed E-state index contributed by atoms with van der Waals surface area (Å²) in [6.45, 7) is 1.32. The zero-order valence-electron chi connectivity index (χ0n) is 6.54. The Balaban J connectivity index is 2.40. The lowest BCUT2D eigenvalue weighted by atomic mass is 10.5. The molecule has 0 spiro atoms. The second kappa shape index (κ2) is 3.79. The summed E-state index contributed by atoms with van der Waals surface area (Å²) in [5.41, 5.74) is 0. The molecule has 0 fully saturated rings. The maximum atomic E-state index is 5.07. The van der Waals surface area contributed by atoms with Gasteiger partial charge in [-0.1, -0.05) is 5.92 Å². The summed E-state index contributed by atoms with van der Waals surface area (Å²) in [5.74, 6) is 3.50. The molecule has 11 heavy (non-hydrogen) atoms. The Morgan fingerprint density at radius 3 is 3.18 bits per heavy atom. The first-order valence-electron chi connectivity index (χ1n) is 3.45. The van der Waals surface area contributed by atoms with Crippen molar-refractivity contribution in [3.63, 3.8) is 0 Å². The number of aryl methyl sites for hydroxylation is 1. The van der Waals surface area contributed by atoms with E-state index >= 15 is 0 Å². The molecule has 0 aliphatic carbocycles. The number of aromatic nitrogens is 2. The fourth-order valence-corrected chi connectivity index (χ4v) is 0.813. The molecule has 0 amide bonds. The fraction of sp³-hybridized carbons (Fsp3) is 0.375. The number of imidazole rings is 1. The Hall–Kier alpha value is -1.27. The zero-order valence-corrected chi connectivity index (χ0v) is 6.54. The highest BCUT2D eigenvalue weighted by Gasteiger charge is 1.95. The van der Waals surface area contributed by atoms with E-state index in [0.717, 1.165) is 12.4 Å². The molecular weight excluding hydrogens is 138 g/mol. The van der Waals surface area contributed by atoms with Crippen molar-refractivity contribution in [3.8, 4) is 12.3 Å². The number of hydrogen-bond acceptors (Lipinski definition) is 2. The van der Waals surface area contributed by atoms with Crippen LogP contribution in [0.5, 0.6) is 0 Å². The van der Waals surface area contributed by atoms with E-state index in [1.807, 2.05) is 17.8 Å². The van der Waals surface area contributed by atoms with Crippen LogP contribution < -0.4 is 5.32 Å². The van der Waals surface area contributed by atoms with E-state index in [-0.39, 0.29) is 0 Å². The van der Waals surface area contributed by atoms with Gasteiger partial charge in [0.15, 0.2) is 0 Å². The van der Waals surface area contributed by atoms with Gasteiger partial charge in [0.05, 0.1) is 13.1 Å². The predicted molar refractivity (Wildman–Crippen MR) is 43.7 cm³/mol. The molecule has 0 radical (unpaired) electrons. The van der Waals surface area contributed by atoms with E-state index in [0.29, 0.717) is 6.54 Å². The van der Waals surface area contributed by atoms with Crippen molar-refractivity contribution in [2.24, 2.45) is 7.05 Å². The van der Waals surface area contributed by atoms with Crippen LogP contribution in [-0.4, -0.2) is 16.1 Å². The largest absolute Gasteiger partial charge is 0.337 e. The summed E-state index contributed by atoms with van der Waals surface area (Å²) in [6.07, 6.45) is 8.75. The molecule has 0 aliphatic heterocycles. The van der Waals surface area contributed by atoms with Crippen molar-refractivity contribution in [2.75, 3.05) is 6.54 Å². The van der Waals surface area contributed by atoms with Crippen LogP contribution in [0, 0.1) is 12.3 Å². The normalized spacial score (nSPS) is 9.45. The standard InChI is InChI=1S/C8H11N3/c1-3-4-9-7-8-10-5-6-11(8)2/h1,5-6,9H,4,7H2,2H3. The average molecular weight is 149 g/mol. The highest BCUT2D eigenvalue weighted by Crippen LogP contribution is 1.91. The molecule has 3 heteroatoms. The summed E-state index contributed by atoms with van der Waals surface area (Å²) >= 11 is 0. The van der Waals surface area contributed by atoms with Crippen LogP contribution in [0.3, 0.4) is 0 Å². The molecule has 0 aromatic carbocycles. The van der Waals surface area contributed by atoms with Crippen molar-refractivity contribution in [1.29, 1.82) is 0 Å². The van der Waals surface area contributed by atoms with Crippen LogP contribution >= 0.6 is 0 Å². The average Bonchev–Trinajstić information content (AvgIpc) is 2.37. The smallest absolute Gasteiger partial charge is 0.122 e. The minimum Gasteiger partial charge on any atom is -0.337 e. The molecular formula is C8H11N3. The first-order chi connectivity index (χ1) is 5.34. The van der Waals surface area contributed by atoms with Gasteiger partial charge in [-0.25, -0.2) is 4.98 Å². The molecule has 58 valence electrons. The van der Waals surface area contributed by atoms with Crippen LogP contribution in [0.2, 0.25) is 0 Å². The molecule has 0 saturated heterocycles. The van der Waals surface area contributed by atoms with E-state index in [9.17, 15) is 0 Å². The summed E-state index contributed by atoms with van der Waals surface area (Å²) in [5, 5.41) is 3.06. The Labute approximate surface area is 66.4 Å². The third kappa shape index (κ3) is 2.10. The molecule has 0 unspecified atom stereocenters. The van der Waals surface area contributed by atoms with Gasteiger partial charge in [0.25, 0.3) is 0 Å². The lowest BCUT2D eigenvalue weighted by Gasteiger charge is -2.00. The van der Waals surface area contributed by atoms with Gasteiger partial charge < -0.3 is 4.57 Å². The number of terminal acetylenes is 1. The van der Waals surface area contributed by atoms with Crippen molar-refractivity contribution < 1.29 is 0 Å². The molecule has 0 bridgehead atoms. The monoisotopic (exact) mass is 149 g/mol. The van der Waals surface area contributed by atoms with Crippen LogP contribution in [0.1, 0.15) is 5.82 Å². The second-order valence-corrected chi connectivity index (χ2v) is 2.26. The Bertz CT molecular complexity index is 257. The second-order valence-electron chi connectivity index (χ2n) is 2.26. The number of rotatable bonds is 3. The van der Waals surface area contributed by atoms with E-state index in [1.54, 1.807) is 6.20 Å². The van der Waals surface area contributed by atoms with Crippen molar-refractivity contribution in [1.82, 2.24) is 14.9 Å². The number of nitrogens with one attached hydrogen (secondary N) is 1. The van der Waals surface area contributed by atoms with Crippen LogP contribution in [0.25, 0.3) is 0 Å². The molecule has 1 N–H and O–H groups in total. The number of hydrogen-bond donors (Lipinski definition) is 1. The first kappa shape index (κ1) is 7.83. The Kier molecular flexibility index (Phi) is 2.70. The summed E-state index contributed by atoms with van der Waals surface area (Å²) in [6, 6.07) is 0. The van der Waals surface area contributed by atoms with Gasteiger partial charge in [-0.05, 0) is 0 Å². The summed E-state index contributed by atoms with van der Waals surface area (Å²) in [7, 11) is 1.96. The third-order valence-corrected chi connectivity index (χ3v) is 1.43. The van der Waals surface area contributed by atoms with Gasteiger partial charge in [-0.2, -0.15) is 0 Å². The predicted octanol–water partition coefficient (Wildman–Crippen LogP) is 0.143. The van der Waals surface area contributed by atoms with Gasteiger partial charge in [0, 0.05) is 19.4 Å². The van der Waals surface area contributed by atoms with Gasteiger partial charge >= 0.3 is 0 Å². The molecule has 3 nitrogen and oxygen atoms in total. The quantitative estimate of drug-likeness (QED) is 0.489. The van der Waals surface area contributed by atoms with Crippen LogP contribution in [0.15, 0.2) is 12.4 Å². The van der Waals surface area contributed by atoms with E-state index in [2.05, 4.69) is 16.2 Å². The molecule has 1 rings (SSSR count). The van der Waals surface area contributed by atoms with Crippen molar-refractivity contribution >= 4 is 0 Å². The molecule has 0 atom stereocenters. The minimum absolute atomic E-state index is 0.590. The maximum Gasteiger partial charge on any atom is 0.122 e. The third-order valence-electron chi connectivity index (χ3n) is 1.43. The maximum absolute atomic E-state index is 5.07. The lowest BCUT2D eigenvalue weighted by molar-refractivity contribution is 0.685. The topological polar surface area (TPSA) is 29.9 Å². The first-order valence-corrected chi connectivity index (χ1v) is 3.45. The van der Waals surface area contributed by atoms with E-state index < -0.39 is 0 Å². The Morgan fingerprint density at radius 1 is 1.82 bits per heavy atom. The summed E-state index contributed by atoms with van der Waals surface area (Å²) < 4.78 is 1.96. The van der Waals surface area contributed by atoms with Gasteiger partial charge in [0.1, 0.15) is 5.82 Å². The van der Waals surface area contributed by atoms with Crippen molar-refractivity contribution in [3.05, 3.63) is 18.2 Å². The van der Waals surface area contributed by atoms with Crippen LogP contribution in [0.4, 0.5) is 0 Å². The summed E-state index contributed by atoms with van der Waals surface area (Å²) in [4.78, 5) is 4.12. The molecule has 1 aromatic heterocycles. The molecule has 0 aliphatic rings. The van der Waals surface area contributed by atoms with Gasteiger partial charge in [0.2, 0.25) is 0 Å². The van der Waals surface area contributed by atoms with Gasteiger partial charge in [-0.15, -0.1) is 6.42 Å². The fourth-order valence-electron chi connectivity index (χ4n) is 0.813.